The molecule has 26 heavy (non-hydrogen) atoms. The number of allylic oxidation sites excluding steroid dienone is 1. The fourth-order valence-corrected chi connectivity index (χ4v) is 2.80. The SMILES string of the molecule is C=C(C(=O)Nc1nnc(OC)s1)/C(=C\[C](C)=[Ni])c1cc(Cl)ncc1OC. The molecule has 1 N–H and O–H groups in total. The van der Waals surface area contributed by atoms with Gasteiger partial charge in [-0.05, 0) is 0 Å². The molecule has 2 heterocycles. The first-order chi connectivity index (χ1) is 12.3. The number of amides is 1. The third-order valence-electron chi connectivity index (χ3n) is 3.08. The van der Waals surface area contributed by atoms with Gasteiger partial charge < -0.3 is 0 Å². The van der Waals surface area contributed by atoms with Crippen LogP contribution in [0, 0.1) is 0 Å². The second kappa shape index (κ2) is 9.03. The number of rotatable bonds is 7. The summed E-state index contributed by atoms with van der Waals surface area (Å²) in [4.78, 5) is 16.6. The Labute approximate surface area is 167 Å². The van der Waals surface area contributed by atoms with Crippen LogP contribution >= 0.6 is 22.9 Å². The van der Waals surface area contributed by atoms with Gasteiger partial charge in [-0.15, -0.1) is 0 Å². The Hall–Kier alpha value is -2.09. The fraction of sp³-hybridized carbons (Fsp3) is 0.188. The topological polar surface area (TPSA) is 86.2 Å². The molecule has 2 aromatic rings. The summed E-state index contributed by atoms with van der Waals surface area (Å²) >= 11 is 11.9. The normalized spacial score (nSPS) is 11.1. The van der Waals surface area contributed by atoms with Gasteiger partial charge in [0.1, 0.15) is 0 Å². The summed E-state index contributed by atoms with van der Waals surface area (Å²) in [5.41, 5.74) is 1.19. The number of nitrogens with zero attached hydrogens (tertiary/aromatic N) is 3. The van der Waals surface area contributed by atoms with E-state index in [0.717, 1.165) is 11.3 Å². The quantitative estimate of drug-likeness (QED) is 0.310. The molecule has 7 nitrogen and oxygen atoms in total. The Morgan fingerprint density at radius 1 is 1.38 bits per heavy atom. The van der Waals surface area contributed by atoms with Crippen LogP contribution in [-0.2, 0) is 19.8 Å². The van der Waals surface area contributed by atoms with Crippen LogP contribution in [0.15, 0.2) is 30.5 Å². The number of carbonyl (C=O) groups is 1. The molecule has 10 heteroatoms. The van der Waals surface area contributed by atoms with Crippen molar-refractivity contribution >= 4 is 44.0 Å². The van der Waals surface area contributed by atoms with Crippen molar-refractivity contribution in [3.63, 3.8) is 0 Å². The van der Waals surface area contributed by atoms with Gasteiger partial charge in [-0.1, -0.05) is 0 Å². The first kappa shape index (κ1) is 20.2. The summed E-state index contributed by atoms with van der Waals surface area (Å²) in [5, 5.41) is 11.1. The molecule has 2 rings (SSSR count). The van der Waals surface area contributed by atoms with Crippen molar-refractivity contribution in [2.45, 2.75) is 6.92 Å². The molecule has 0 aromatic carbocycles. The number of aromatic nitrogens is 3. The fourth-order valence-electron chi connectivity index (χ4n) is 1.95. The summed E-state index contributed by atoms with van der Waals surface area (Å²) < 4.78 is 10.9. The number of hydrogen-bond donors (Lipinski definition) is 1. The molecule has 0 saturated carbocycles. The first-order valence-corrected chi connectivity index (χ1v) is 8.80. The van der Waals surface area contributed by atoms with Gasteiger partial charge >= 0.3 is 167 Å². The molecule has 1 amide bonds. The molecule has 0 unspecified atom stereocenters. The third kappa shape index (κ3) is 4.97. The van der Waals surface area contributed by atoms with Crippen LogP contribution in [-0.4, -0.2) is 39.8 Å². The second-order valence-corrected chi connectivity index (χ2v) is 6.92. The average Bonchev–Trinajstić information content (AvgIpc) is 3.06. The van der Waals surface area contributed by atoms with E-state index in [9.17, 15) is 4.79 Å². The Balaban J connectivity index is 2.38. The van der Waals surface area contributed by atoms with Gasteiger partial charge in [-0.25, -0.2) is 0 Å². The number of methoxy groups -OCH3 is 2. The molecular weight excluding hydrogens is 422 g/mol. The van der Waals surface area contributed by atoms with Crippen LogP contribution in [0.25, 0.3) is 5.57 Å². The third-order valence-corrected chi connectivity index (χ3v) is 4.23. The molecule has 0 fully saturated rings. The molecule has 0 radical (unpaired) electrons. The molecule has 2 aromatic heterocycles. The van der Waals surface area contributed by atoms with Crippen LogP contribution in [0.1, 0.15) is 12.5 Å². The Kier molecular flexibility index (Phi) is 7.02. The molecule has 140 valence electrons. The van der Waals surface area contributed by atoms with Crippen LogP contribution < -0.4 is 14.8 Å². The molecule has 0 bridgehead atoms. The maximum atomic E-state index is 12.6. The molecule has 0 atom stereocenters. The van der Waals surface area contributed by atoms with E-state index in [1.165, 1.54) is 20.4 Å². The predicted molar refractivity (Wildman–Crippen MR) is 98.7 cm³/mol. The van der Waals surface area contributed by atoms with Gasteiger partial charge in [0, 0.05) is 0 Å². The zero-order valence-corrected chi connectivity index (χ0v) is 16.7. The zero-order valence-electron chi connectivity index (χ0n) is 14.1. The van der Waals surface area contributed by atoms with Crippen LogP contribution in [0.2, 0.25) is 5.15 Å². The first-order valence-electron chi connectivity index (χ1n) is 7.11. The number of halogens is 1. The zero-order chi connectivity index (χ0) is 19.3. The Bertz CT molecular complexity index is 897. The van der Waals surface area contributed by atoms with E-state index in [2.05, 4.69) is 27.1 Å². The monoisotopic (exact) mass is 436 g/mol. The van der Waals surface area contributed by atoms with Gasteiger partial charge in [-0.3, -0.25) is 0 Å². The standard InChI is InChI=1S/C16H15ClN4O3S.Ni/c1-5-6-10(11-7-13(17)18-8-12(11)23-3)9(2)14(22)19-15-20-21-16(24-4)25-15;/h6-8H,2H2,1,3-4H3,(H,19,20,22);/b10-6+;. The van der Waals surface area contributed by atoms with Crippen LogP contribution in [0.5, 0.6) is 10.9 Å². The van der Waals surface area contributed by atoms with Crippen LogP contribution in [0.4, 0.5) is 5.13 Å². The van der Waals surface area contributed by atoms with Gasteiger partial charge in [0.2, 0.25) is 0 Å². The number of pyridine rings is 1. The maximum absolute atomic E-state index is 12.6. The van der Waals surface area contributed by atoms with Crippen molar-refractivity contribution in [2.75, 3.05) is 19.5 Å². The van der Waals surface area contributed by atoms with Crippen molar-refractivity contribution in [1.29, 1.82) is 0 Å². The van der Waals surface area contributed by atoms with E-state index in [-0.39, 0.29) is 15.9 Å². The van der Waals surface area contributed by atoms with E-state index in [0.29, 0.717) is 26.6 Å². The molecule has 0 aliphatic rings. The number of hydrogen-bond acceptors (Lipinski definition) is 7. The minimum atomic E-state index is -0.466. The summed E-state index contributed by atoms with van der Waals surface area (Å²) in [6.07, 6.45) is 3.13. The van der Waals surface area contributed by atoms with Gasteiger partial charge in [0.15, 0.2) is 0 Å². The summed E-state index contributed by atoms with van der Waals surface area (Å²) in [6.45, 7) is 5.63. The summed E-state index contributed by atoms with van der Waals surface area (Å²) in [5.74, 6) is -0.0280. The van der Waals surface area contributed by atoms with Crippen molar-refractivity contribution in [1.82, 2.24) is 15.2 Å². The van der Waals surface area contributed by atoms with Crippen molar-refractivity contribution in [3.8, 4) is 10.9 Å². The average molecular weight is 438 g/mol. The van der Waals surface area contributed by atoms with E-state index in [1.54, 1.807) is 19.1 Å². The Morgan fingerprint density at radius 3 is 2.69 bits per heavy atom. The van der Waals surface area contributed by atoms with Gasteiger partial charge in [0.05, 0.1) is 0 Å². The molecule has 0 aliphatic carbocycles. The van der Waals surface area contributed by atoms with Crippen molar-refractivity contribution in [2.24, 2.45) is 0 Å². The number of nitrogens with one attached hydrogen (secondary N) is 1. The molecule has 0 spiro atoms. The van der Waals surface area contributed by atoms with Crippen molar-refractivity contribution in [3.05, 3.63) is 41.2 Å². The summed E-state index contributed by atoms with van der Waals surface area (Å²) in [6, 6.07) is 1.58. The predicted octanol–water partition coefficient (Wildman–Crippen LogP) is 2.92. The van der Waals surface area contributed by atoms with E-state index in [1.807, 2.05) is 0 Å². The van der Waals surface area contributed by atoms with E-state index >= 15 is 0 Å². The van der Waals surface area contributed by atoms with Crippen LogP contribution in [0.3, 0.4) is 0 Å². The van der Waals surface area contributed by atoms with Gasteiger partial charge in [-0.2, -0.15) is 0 Å². The number of carbonyl (C=O) groups excluding carboxylic acids is 1. The van der Waals surface area contributed by atoms with E-state index < -0.39 is 5.91 Å². The Morgan fingerprint density at radius 2 is 2.12 bits per heavy atom. The van der Waals surface area contributed by atoms with E-state index in [4.69, 9.17) is 36.1 Å². The molecule has 0 aliphatic heterocycles. The minimum absolute atomic E-state index is 0.163. The van der Waals surface area contributed by atoms with Crippen molar-refractivity contribution < 1.29 is 29.3 Å². The number of ether oxygens (including phenoxy) is 2. The van der Waals surface area contributed by atoms with Gasteiger partial charge in [0.25, 0.3) is 0 Å². The number of anilines is 1. The second-order valence-electron chi connectivity index (χ2n) is 4.81. The molecule has 0 saturated heterocycles. The summed E-state index contributed by atoms with van der Waals surface area (Å²) in [7, 11) is 2.96. The molecular formula is C16H15ClN4NiO3S.